The Labute approximate surface area is 550 Å². The minimum Gasteiger partial charge on any atom is -0.465 e. The van der Waals surface area contributed by atoms with Gasteiger partial charge in [0, 0.05) is 11.6 Å². The van der Waals surface area contributed by atoms with E-state index in [9.17, 15) is 28.8 Å². The van der Waals surface area contributed by atoms with Gasteiger partial charge in [-0.25, -0.2) is 9.59 Å². The van der Waals surface area contributed by atoms with Crippen molar-refractivity contribution >= 4 is 35.8 Å². The van der Waals surface area contributed by atoms with E-state index in [1.807, 2.05) is 0 Å². The molecule has 4 bridgehead atoms. The molecule has 12 nitrogen and oxygen atoms in total. The molecule has 0 N–H and O–H groups in total. The number of hydrogen-bond acceptors (Lipinski definition) is 12. The molecule has 12 heteroatoms. The molecule has 0 aromatic carbocycles. The SMILES string of the molecule is C=CC(=O)OCC1CC2C3CC(COC(=O)C4CCC(C(=O)OCCCCCCC5C(CCCCCC)CCC(CCCCCCCC)C5CCCCCCOC(=O)C5CCC(C(=O)OCC6CC7CC6C6CC(COC(=O)C(=C)C)C[C@H]76)CC5)CC4)C(C3)C2C1. The minimum atomic E-state index is -0.336. The highest BCUT2D eigenvalue weighted by atomic mass is 16.6. The molecule has 514 valence electrons. The molecule has 0 spiro atoms. The van der Waals surface area contributed by atoms with E-state index in [1.165, 1.54) is 147 Å². The molecule has 9 rings (SSSR count). The van der Waals surface area contributed by atoms with Crippen LogP contribution in [0.25, 0.3) is 0 Å². The first-order valence-corrected chi connectivity index (χ1v) is 38.6. The number of rotatable bonds is 40. The van der Waals surface area contributed by atoms with Crippen molar-refractivity contribution in [3.05, 3.63) is 24.8 Å². The highest BCUT2D eigenvalue weighted by Gasteiger charge is 2.57. The predicted molar refractivity (Wildman–Crippen MR) is 357 cm³/mol. The largest absolute Gasteiger partial charge is 0.465 e. The number of carbonyl (C=O) groups is 6. The van der Waals surface area contributed by atoms with Gasteiger partial charge in [0.2, 0.25) is 0 Å². The molecule has 9 aliphatic carbocycles. The normalized spacial score (nSPS) is 34.5. The maximum absolute atomic E-state index is 13.3. The van der Waals surface area contributed by atoms with Crippen LogP contribution in [0.5, 0.6) is 0 Å². The summed E-state index contributed by atoms with van der Waals surface area (Å²) in [5.74, 6) is 8.90. The van der Waals surface area contributed by atoms with Crippen LogP contribution in [0.3, 0.4) is 0 Å². The zero-order valence-corrected chi connectivity index (χ0v) is 57.5. The summed E-state index contributed by atoms with van der Waals surface area (Å²) in [5, 5.41) is 0. The Morgan fingerprint density at radius 2 is 0.725 bits per heavy atom. The first-order chi connectivity index (χ1) is 44.3. The molecule has 16 atom stereocenters. The zero-order valence-electron chi connectivity index (χ0n) is 57.5. The fourth-order valence-electron chi connectivity index (χ4n) is 21.1. The van der Waals surface area contributed by atoms with Crippen LogP contribution < -0.4 is 0 Å². The third-order valence-electron chi connectivity index (χ3n) is 25.9. The summed E-state index contributed by atoms with van der Waals surface area (Å²) in [6.45, 7) is 16.6. The van der Waals surface area contributed by atoms with Crippen molar-refractivity contribution in [1.29, 1.82) is 0 Å². The zero-order chi connectivity index (χ0) is 64.1. The maximum Gasteiger partial charge on any atom is 0.333 e. The topological polar surface area (TPSA) is 158 Å². The van der Waals surface area contributed by atoms with Gasteiger partial charge < -0.3 is 28.4 Å². The van der Waals surface area contributed by atoms with Crippen LogP contribution in [-0.2, 0) is 57.2 Å². The number of esters is 6. The van der Waals surface area contributed by atoms with E-state index in [-0.39, 0.29) is 59.5 Å². The highest BCUT2D eigenvalue weighted by Crippen LogP contribution is 2.64. The van der Waals surface area contributed by atoms with Crippen molar-refractivity contribution in [2.24, 2.45) is 118 Å². The van der Waals surface area contributed by atoms with Gasteiger partial charge in [0.1, 0.15) is 0 Å². The van der Waals surface area contributed by atoms with Crippen molar-refractivity contribution < 1.29 is 57.2 Å². The summed E-state index contributed by atoms with van der Waals surface area (Å²) >= 11 is 0. The summed E-state index contributed by atoms with van der Waals surface area (Å²) in [7, 11) is 0. The Balaban J connectivity index is 0.637. The Kier molecular flexibility index (Phi) is 29.1. The van der Waals surface area contributed by atoms with Crippen LogP contribution in [0, 0.1) is 118 Å². The molecule has 0 amide bonds. The van der Waals surface area contributed by atoms with Crippen molar-refractivity contribution in [3.8, 4) is 0 Å². The molecule has 9 aliphatic rings. The lowest BCUT2D eigenvalue weighted by Gasteiger charge is -2.44. The molecule has 0 radical (unpaired) electrons. The molecular formula is C79H126O12. The monoisotopic (exact) mass is 1270 g/mol. The summed E-state index contributed by atoms with van der Waals surface area (Å²) in [5.41, 5.74) is 0.454. The Morgan fingerprint density at radius 1 is 0.363 bits per heavy atom. The Hall–Kier alpha value is -3.70. The van der Waals surface area contributed by atoms with E-state index in [4.69, 9.17) is 28.4 Å². The predicted octanol–water partition coefficient (Wildman–Crippen LogP) is 18.1. The fourth-order valence-corrected chi connectivity index (χ4v) is 21.1. The fraction of sp³-hybridized carbons (Fsp3) is 0.873. The minimum absolute atomic E-state index is 0.0776. The van der Waals surface area contributed by atoms with E-state index in [1.54, 1.807) is 6.92 Å². The van der Waals surface area contributed by atoms with Gasteiger partial charge in [0.25, 0.3) is 0 Å². The van der Waals surface area contributed by atoms with Crippen LogP contribution >= 0.6 is 0 Å². The van der Waals surface area contributed by atoms with E-state index in [0.29, 0.717) is 156 Å². The summed E-state index contributed by atoms with van der Waals surface area (Å²) in [4.78, 5) is 76.9. The van der Waals surface area contributed by atoms with Gasteiger partial charge in [0.05, 0.1) is 63.3 Å². The first kappa shape index (κ1) is 71.6. The molecule has 91 heavy (non-hydrogen) atoms. The van der Waals surface area contributed by atoms with Gasteiger partial charge in [0.15, 0.2) is 0 Å². The smallest absolute Gasteiger partial charge is 0.333 e. The maximum atomic E-state index is 13.3. The van der Waals surface area contributed by atoms with E-state index in [0.717, 1.165) is 99.7 Å². The lowest BCUT2D eigenvalue weighted by Crippen LogP contribution is -2.35. The van der Waals surface area contributed by atoms with E-state index < -0.39 is 0 Å². The summed E-state index contributed by atoms with van der Waals surface area (Å²) < 4.78 is 34.8. The van der Waals surface area contributed by atoms with Crippen LogP contribution in [0.1, 0.15) is 278 Å². The molecule has 0 aromatic heterocycles. The number of carbonyl (C=O) groups excluding carboxylic acids is 6. The van der Waals surface area contributed by atoms with E-state index >= 15 is 0 Å². The lowest BCUT2D eigenvalue weighted by molar-refractivity contribution is -0.156. The van der Waals surface area contributed by atoms with Crippen molar-refractivity contribution in [2.45, 2.75) is 278 Å². The average Bonchev–Trinajstić information content (AvgIpc) is 1.61. The van der Waals surface area contributed by atoms with Crippen molar-refractivity contribution in [2.75, 3.05) is 39.6 Å². The Morgan fingerprint density at radius 3 is 1.14 bits per heavy atom. The third-order valence-corrected chi connectivity index (χ3v) is 25.9. The van der Waals surface area contributed by atoms with Gasteiger partial charge in [-0.1, -0.05) is 143 Å². The number of ether oxygens (including phenoxy) is 6. The average molecular weight is 1270 g/mol. The summed E-state index contributed by atoms with van der Waals surface area (Å²) in [6, 6.07) is 0. The number of unbranched alkanes of at least 4 members (excludes halogenated alkanes) is 14. The Bertz CT molecular complexity index is 2300. The van der Waals surface area contributed by atoms with Crippen molar-refractivity contribution in [3.63, 3.8) is 0 Å². The first-order valence-electron chi connectivity index (χ1n) is 38.6. The molecule has 15 unspecified atom stereocenters. The van der Waals surface area contributed by atoms with Gasteiger partial charge in [-0.2, -0.15) is 0 Å². The number of hydrogen-bond donors (Lipinski definition) is 0. The lowest BCUT2D eigenvalue weighted by atomic mass is 9.61. The van der Waals surface area contributed by atoms with Gasteiger partial charge >= 0.3 is 35.8 Å². The van der Waals surface area contributed by atoms with Crippen LogP contribution in [0.4, 0.5) is 0 Å². The second-order valence-corrected chi connectivity index (χ2v) is 31.8. The van der Waals surface area contributed by atoms with Gasteiger partial charge in [-0.15, -0.1) is 0 Å². The highest BCUT2D eigenvalue weighted by molar-refractivity contribution is 5.87. The second-order valence-electron chi connectivity index (χ2n) is 31.8. The van der Waals surface area contributed by atoms with E-state index in [2.05, 4.69) is 27.0 Å². The van der Waals surface area contributed by atoms with Crippen LogP contribution in [-0.4, -0.2) is 75.5 Å². The molecule has 0 aliphatic heterocycles. The summed E-state index contributed by atoms with van der Waals surface area (Å²) in [6.07, 6.45) is 46.6. The van der Waals surface area contributed by atoms with Crippen molar-refractivity contribution in [1.82, 2.24) is 0 Å². The molecular weight excluding hydrogens is 1140 g/mol. The van der Waals surface area contributed by atoms with Gasteiger partial charge in [-0.05, 0) is 243 Å². The molecule has 0 saturated heterocycles. The molecule has 0 aromatic rings. The standard InChI is InChI=1S/C79H126O12/c1-6-9-11-13-14-20-26-57-30-29-56(25-19-12-10-7-2)66(27-21-15-17-23-39-86-76(82)58-31-35-60(36-32-58)78(84)90-51-64-45-62-47-70(64)72-43-54(41-68(62)72)49-88-74(80)8-3)67(57)28-22-16-18-24-40-87-77(83)59-33-37-61(38-34-59)79(85)91-52-65-46-63-48-71(65)73-44-55(42-69(63)73)50-89-75(81)53(4)5/h8,54-73H,3-4,6-7,9-52H2,1-2,5H3/t54?,55?,56?,57?,58?,59?,60?,61?,62?,63?,64?,65?,66?,67?,68?,69-,70?,71?,72?,73?/m1/s1. The van der Waals surface area contributed by atoms with Gasteiger partial charge in [-0.3, -0.25) is 19.2 Å². The third kappa shape index (κ3) is 20.4. The molecule has 0 heterocycles. The second kappa shape index (κ2) is 37.0. The quantitative estimate of drug-likeness (QED) is 0.0248. The van der Waals surface area contributed by atoms with Crippen LogP contribution in [0.15, 0.2) is 24.8 Å². The molecule has 9 saturated carbocycles. The number of fused-ring (bicyclic) bond motifs is 10. The molecule has 9 fully saturated rings. The van der Waals surface area contributed by atoms with Crippen LogP contribution in [0.2, 0.25) is 0 Å².